The molecule has 1 unspecified atom stereocenters. The molecule has 0 saturated carbocycles. The van der Waals surface area contributed by atoms with E-state index in [1.54, 1.807) is 42.0 Å². The molecule has 5 rings (SSSR count). The number of nitrogens with zero attached hydrogens (tertiary/aromatic N) is 4. The van der Waals surface area contributed by atoms with Crippen LogP contribution in [0.5, 0.6) is 0 Å². The summed E-state index contributed by atoms with van der Waals surface area (Å²) in [6.45, 7) is 5.79. The van der Waals surface area contributed by atoms with Crippen molar-refractivity contribution in [1.29, 1.82) is 0 Å². The maximum atomic E-state index is 13.1. The summed E-state index contributed by atoms with van der Waals surface area (Å²) in [5.41, 5.74) is 2.17. The summed E-state index contributed by atoms with van der Waals surface area (Å²) in [6, 6.07) is 10.5. The Morgan fingerprint density at radius 2 is 2.00 bits per heavy atom. The summed E-state index contributed by atoms with van der Waals surface area (Å²) in [6.07, 6.45) is 2.49. The van der Waals surface area contributed by atoms with Crippen LogP contribution in [0.2, 0.25) is 0 Å². The summed E-state index contributed by atoms with van der Waals surface area (Å²) in [7, 11) is -2.07. The number of aromatic amines is 1. The van der Waals surface area contributed by atoms with Crippen LogP contribution in [0, 0.1) is 0 Å². The van der Waals surface area contributed by atoms with Crippen molar-refractivity contribution in [3.8, 4) is 10.7 Å². The molecule has 1 saturated heterocycles. The van der Waals surface area contributed by atoms with Gasteiger partial charge in [0, 0.05) is 56.2 Å². The number of aliphatic carboxylic acids is 1. The van der Waals surface area contributed by atoms with Gasteiger partial charge in [0.05, 0.1) is 16.9 Å². The van der Waals surface area contributed by atoms with Crippen molar-refractivity contribution in [2.45, 2.75) is 30.1 Å². The minimum atomic E-state index is -3.65. The third kappa shape index (κ3) is 5.16. The smallest absolute Gasteiger partial charge is 0.320 e. The topological polar surface area (TPSA) is 110 Å². The zero-order valence-corrected chi connectivity index (χ0v) is 23.1. The van der Waals surface area contributed by atoms with Gasteiger partial charge in [0.15, 0.2) is 0 Å². The molecule has 2 N–H and O–H groups in total. The van der Waals surface area contributed by atoms with Crippen molar-refractivity contribution in [1.82, 2.24) is 19.8 Å². The molecule has 1 aliphatic heterocycles. The molecule has 1 fully saturated rings. The summed E-state index contributed by atoms with van der Waals surface area (Å²) in [4.78, 5) is 25.0. The van der Waals surface area contributed by atoms with Crippen LogP contribution in [0.3, 0.4) is 0 Å². The summed E-state index contributed by atoms with van der Waals surface area (Å²) < 4.78 is 27.8. The fourth-order valence-corrected chi connectivity index (χ4v) is 8.03. The zero-order chi connectivity index (χ0) is 26.2. The number of carboxylic acids is 1. The molecule has 1 aliphatic rings. The van der Waals surface area contributed by atoms with E-state index in [1.807, 2.05) is 31.3 Å². The number of carbonyl (C=O) groups is 1. The third-order valence-corrected chi connectivity index (χ3v) is 10.9. The molecule has 1 atom stereocenters. The lowest BCUT2D eigenvalue weighted by molar-refractivity contribution is -0.144. The molecule has 0 amide bonds. The summed E-state index contributed by atoms with van der Waals surface area (Å²) in [5.74, 6) is -0.750. The number of fused-ring (bicyclic) bond motifs is 1. The van der Waals surface area contributed by atoms with Gasteiger partial charge in [-0.05, 0) is 30.0 Å². The number of piperazine rings is 1. The van der Waals surface area contributed by atoms with Crippen molar-refractivity contribution in [3.63, 3.8) is 0 Å². The van der Waals surface area contributed by atoms with E-state index in [2.05, 4.69) is 19.8 Å². The monoisotopic (exact) mass is 559 g/mol. The predicted molar refractivity (Wildman–Crippen MR) is 148 cm³/mol. The average molecular weight is 560 g/mol. The van der Waals surface area contributed by atoms with Crippen LogP contribution >= 0.6 is 22.7 Å². The van der Waals surface area contributed by atoms with E-state index < -0.39 is 22.0 Å². The number of H-pyrrole nitrogens is 1. The number of nitrogens with one attached hydrogen (secondary N) is 1. The second-order valence-corrected chi connectivity index (χ2v) is 13.3. The highest BCUT2D eigenvalue weighted by Crippen LogP contribution is 2.35. The van der Waals surface area contributed by atoms with E-state index in [0.717, 1.165) is 59.2 Å². The van der Waals surface area contributed by atoms with Gasteiger partial charge in [0.25, 0.3) is 10.0 Å². The summed E-state index contributed by atoms with van der Waals surface area (Å²) >= 11 is 2.81. The average Bonchev–Trinajstić information content (AvgIpc) is 3.65. The molecule has 9 nitrogen and oxygen atoms in total. The maximum Gasteiger partial charge on any atom is 0.320 e. The van der Waals surface area contributed by atoms with Crippen LogP contribution in [0.4, 0.5) is 5.69 Å². The van der Waals surface area contributed by atoms with Crippen molar-refractivity contribution >= 4 is 55.3 Å². The Balaban J connectivity index is 1.31. The first kappa shape index (κ1) is 25.9. The number of thiophene rings is 1. The molecular formula is C25H29N5O4S3. The van der Waals surface area contributed by atoms with Crippen molar-refractivity contribution < 1.29 is 18.3 Å². The molecule has 4 heterocycles. The molecule has 0 radical (unpaired) electrons. The standard InChI is InChI=1S/C25H29N5O4S3/c1-3-20(25(31)32)30-11-9-29(10-12-30)16-18-15-26-24(36-18)19-14-17-6-4-7-21(23(17)27-19)28(2)37(33,34)22-8-5-13-35-22/h4-8,13-15,20,27H,3,9-12,16H2,1-2H3,(H,31,32). The first-order chi connectivity index (χ1) is 17.8. The van der Waals surface area contributed by atoms with Gasteiger partial charge in [0.1, 0.15) is 15.3 Å². The number of hydrogen-bond acceptors (Lipinski definition) is 8. The zero-order valence-electron chi connectivity index (χ0n) is 20.6. The number of carboxylic acid groups (broad SMARTS) is 1. The van der Waals surface area contributed by atoms with E-state index in [9.17, 15) is 18.3 Å². The van der Waals surface area contributed by atoms with E-state index in [4.69, 9.17) is 0 Å². The number of hydrogen-bond donors (Lipinski definition) is 2. The predicted octanol–water partition coefficient (Wildman–Crippen LogP) is 4.16. The van der Waals surface area contributed by atoms with E-state index in [-0.39, 0.29) is 0 Å². The Morgan fingerprint density at radius 3 is 2.68 bits per heavy atom. The molecule has 3 aromatic heterocycles. The Labute approximate surface area is 224 Å². The number of anilines is 1. The fourth-order valence-electron chi connectivity index (χ4n) is 4.74. The van der Waals surface area contributed by atoms with Gasteiger partial charge < -0.3 is 10.1 Å². The molecular weight excluding hydrogens is 531 g/mol. The largest absolute Gasteiger partial charge is 0.480 e. The normalized spacial score (nSPS) is 16.3. The van der Waals surface area contributed by atoms with Gasteiger partial charge in [-0.1, -0.05) is 25.1 Å². The number of rotatable bonds is 9. The van der Waals surface area contributed by atoms with Crippen molar-refractivity contribution in [2.24, 2.45) is 0 Å². The van der Waals surface area contributed by atoms with Gasteiger partial charge in [-0.25, -0.2) is 13.4 Å². The number of thiazole rings is 1. The van der Waals surface area contributed by atoms with Gasteiger partial charge in [-0.15, -0.1) is 22.7 Å². The van der Waals surface area contributed by atoms with Gasteiger partial charge in [0.2, 0.25) is 0 Å². The van der Waals surface area contributed by atoms with Crippen LogP contribution in [0.25, 0.3) is 21.6 Å². The first-order valence-electron chi connectivity index (χ1n) is 12.1. The van der Waals surface area contributed by atoms with Crippen LogP contribution in [0.1, 0.15) is 18.2 Å². The second kappa shape index (κ2) is 10.5. The van der Waals surface area contributed by atoms with Gasteiger partial charge in [-0.2, -0.15) is 0 Å². The van der Waals surface area contributed by atoms with E-state index >= 15 is 0 Å². The molecule has 4 aromatic rings. The Bertz CT molecular complexity index is 1490. The Hall–Kier alpha value is -2.77. The van der Waals surface area contributed by atoms with Crippen LogP contribution < -0.4 is 4.31 Å². The first-order valence-corrected chi connectivity index (χ1v) is 15.2. The lowest BCUT2D eigenvalue weighted by atomic mass is 10.1. The van der Waals surface area contributed by atoms with Crippen LogP contribution in [-0.4, -0.2) is 78.5 Å². The lowest BCUT2D eigenvalue weighted by Crippen LogP contribution is -2.52. The molecule has 196 valence electrons. The number of para-hydroxylation sites is 1. The quantitative estimate of drug-likeness (QED) is 0.317. The highest BCUT2D eigenvalue weighted by atomic mass is 32.2. The maximum absolute atomic E-state index is 13.1. The second-order valence-electron chi connectivity index (χ2n) is 9.04. The Kier molecular flexibility index (Phi) is 7.37. The molecule has 0 aliphatic carbocycles. The van der Waals surface area contributed by atoms with Crippen molar-refractivity contribution in [3.05, 3.63) is 52.9 Å². The Morgan fingerprint density at radius 1 is 1.22 bits per heavy atom. The SMILES string of the molecule is CCC(C(=O)O)N1CCN(Cc2cnc(-c3cc4cccc(N(C)S(=O)(=O)c5cccs5)c4[nH]3)s2)CC1. The van der Waals surface area contributed by atoms with E-state index in [1.165, 1.54) is 15.6 Å². The van der Waals surface area contributed by atoms with E-state index in [0.29, 0.717) is 16.3 Å². The fraction of sp³-hybridized carbons (Fsp3) is 0.360. The number of benzene rings is 1. The highest BCUT2D eigenvalue weighted by molar-refractivity contribution is 7.94. The van der Waals surface area contributed by atoms with Crippen LogP contribution in [0.15, 0.2) is 52.2 Å². The van der Waals surface area contributed by atoms with Crippen LogP contribution in [-0.2, 0) is 21.4 Å². The molecule has 0 bridgehead atoms. The minimum absolute atomic E-state index is 0.303. The molecule has 37 heavy (non-hydrogen) atoms. The third-order valence-electron chi connectivity index (χ3n) is 6.77. The minimum Gasteiger partial charge on any atom is -0.480 e. The van der Waals surface area contributed by atoms with Gasteiger partial charge in [-0.3, -0.25) is 18.9 Å². The van der Waals surface area contributed by atoms with Gasteiger partial charge >= 0.3 is 5.97 Å². The lowest BCUT2D eigenvalue weighted by Gasteiger charge is -2.37. The molecule has 1 aromatic carbocycles. The molecule has 0 spiro atoms. The highest BCUT2D eigenvalue weighted by Gasteiger charge is 2.28. The summed E-state index contributed by atoms with van der Waals surface area (Å²) in [5, 5.41) is 12.9. The number of sulfonamides is 1. The van der Waals surface area contributed by atoms with Crippen molar-refractivity contribution in [2.75, 3.05) is 37.5 Å². The molecule has 12 heteroatoms. The number of aromatic nitrogens is 2.